The predicted octanol–water partition coefficient (Wildman–Crippen LogP) is 3.24. The lowest BCUT2D eigenvalue weighted by Gasteiger charge is -2.40. The van der Waals surface area contributed by atoms with Gasteiger partial charge in [-0.3, -0.25) is 14.4 Å². The Labute approximate surface area is 246 Å². The minimum atomic E-state index is -4.27. The maximum Gasteiger partial charge on any atom is 0.326 e. The molecule has 0 aliphatic heterocycles. The van der Waals surface area contributed by atoms with Crippen molar-refractivity contribution < 1.29 is 32.6 Å². The van der Waals surface area contributed by atoms with Crippen LogP contribution in [0.5, 0.6) is 0 Å². The summed E-state index contributed by atoms with van der Waals surface area (Å²) in [5.41, 5.74) is -2.83. The standard InChI is InChI=1S/C30H51N3O7S/c1-11-40-27(37)30(9,10)32-41(38,39)33(18-17-21(2)3)20-25(35)24(19-23-15-13-12-14-16-23)31-26(36)29(7,8)28(5,6)22(4)34/h12-16,21,24-25,32,35H,11,17-20H2,1-10H3,(H,31,36)/t24-,25?/m0/s1. The van der Waals surface area contributed by atoms with Crippen LogP contribution < -0.4 is 10.0 Å². The zero-order valence-corrected chi connectivity index (χ0v) is 27.2. The highest BCUT2D eigenvalue weighted by molar-refractivity contribution is 7.87. The van der Waals surface area contributed by atoms with E-state index in [4.69, 9.17) is 4.74 Å². The Kier molecular flexibility index (Phi) is 13.2. The maximum atomic E-state index is 13.6. The number of esters is 1. The zero-order chi connectivity index (χ0) is 31.8. The Morgan fingerprint density at radius 1 is 1.00 bits per heavy atom. The van der Waals surface area contributed by atoms with Gasteiger partial charge < -0.3 is 15.2 Å². The van der Waals surface area contributed by atoms with Crippen molar-refractivity contribution in [3.05, 3.63) is 35.9 Å². The highest BCUT2D eigenvalue weighted by Gasteiger charge is 2.47. The SMILES string of the molecule is CCOC(=O)C(C)(C)NS(=O)(=O)N(CCC(C)C)CC(O)[C@H](Cc1ccccc1)NC(=O)C(C)(C)C(C)(C)C(C)=O. The van der Waals surface area contributed by atoms with E-state index in [9.17, 15) is 27.9 Å². The number of nitrogens with zero attached hydrogens (tertiary/aromatic N) is 1. The first-order chi connectivity index (χ1) is 18.7. The topological polar surface area (TPSA) is 142 Å². The van der Waals surface area contributed by atoms with Gasteiger partial charge in [-0.25, -0.2) is 0 Å². The second-order valence-corrected chi connectivity index (χ2v) is 14.3. The molecule has 0 aromatic heterocycles. The van der Waals surface area contributed by atoms with E-state index in [1.807, 2.05) is 44.2 Å². The molecule has 1 rings (SSSR count). The van der Waals surface area contributed by atoms with Gasteiger partial charge in [0, 0.05) is 18.5 Å². The smallest absolute Gasteiger partial charge is 0.326 e. The van der Waals surface area contributed by atoms with Crippen molar-refractivity contribution in [3.63, 3.8) is 0 Å². The molecule has 41 heavy (non-hydrogen) atoms. The van der Waals surface area contributed by atoms with Crippen LogP contribution in [0, 0.1) is 16.7 Å². The van der Waals surface area contributed by atoms with Gasteiger partial charge in [-0.1, -0.05) is 71.9 Å². The molecule has 234 valence electrons. The van der Waals surface area contributed by atoms with Gasteiger partial charge >= 0.3 is 5.97 Å². The van der Waals surface area contributed by atoms with Gasteiger partial charge in [-0.05, 0) is 52.0 Å². The average molecular weight is 598 g/mol. The van der Waals surface area contributed by atoms with Crippen molar-refractivity contribution in [2.75, 3.05) is 19.7 Å². The minimum absolute atomic E-state index is 0.0812. The number of aliphatic hydroxyl groups excluding tert-OH is 1. The molecule has 0 saturated heterocycles. The number of hydrogen-bond acceptors (Lipinski definition) is 7. The Morgan fingerprint density at radius 2 is 1.56 bits per heavy atom. The average Bonchev–Trinajstić information content (AvgIpc) is 2.85. The van der Waals surface area contributed by atoms with Crippen molar-refractivity contribution in [1.29, 1.82) is 0 Å². The number of carbonyl (C=O) groups is 3. The number of nitrogens with one attached hydrogen (secondary N) is 2. The van der Waals surface area contributed by atoms with E-state index in [0.29, 0.717) is 6.42 Å². The second kappa shape index (κ2) is 14.7. The molecule has 11 heteroatoms. The Hall–Kier alpha value is -2.34. The van der Waals surface area contributed by atoms with Gasteiger partial charge in [0.2, 0.25) is 5.91 Å². The fraction of sp³-hybridized carbons (Fsp3) is 0.700. The molecular weight excluding hydrogens is 546 g/mol. The van der Waals surface area contributed by atoms with Crippen molar-refractivity contribution in [2.24, 2.45) is 16.7 Å². The molecule has 0 bridgehead atoms. The normalized spacial score (nSPS) is 14.6. The van der Waals surface area contributed by atoms with E-state index in [2.05, 4.69) is 10.0 Å². The maximum absolute atomic E-state index is 13.6. The van der Waals surface area contributed by atoms with E-state index >= 15 is 0 Å². The monoisotopic (exact) mass is 597 g/mol. The second-order valence-electron chi connectivity index (χ2n) is 12.6. The summed E-state index contributed by atoms with van der Waals surface area (Å²) in [6.07, 6.45) is -0.586. The summed E-state index contributed by atoms with van der Waals surface area (Å²) >= 11 is 0. The quantitative estimate of drug-likeness (QED) is 0.234. The molecule has 1 aromatic carbocycles. The number of Topliss-reactive ketones (excluding diaryl/α,β-unsaturated/α-hetero) is 1. The summed E-state index contributed by atoms with van der Waals surface area (Å²) < 4.78 is 35.6. The van der Waals surface area contributed by atoms with Crippen molar-refractivity contribution in [3.8, 4) is 0 Å². The van der Waals surface area contributed by atoms with Crippen LogP contribution in [0.1, 0.15) is 81.2 Å². The lowest BCUT2D eigenvalue weighted by atomic mass is 9.65. The van der Waals surface area contributed by atoms with Crippen LogP contribution in [0.3, 0.4) is 0 Å². The van der Waals surface area contributed by atoms with Gasteiger partial charge in [0.1, 0.15) is 11.3 Å². The molecule has 1 amide bonds. The highest BCUT2D eigenvalue weighted by Crippen LogP contribution is 2.39. The number of ether oxygens (including phenoxy) is 1. The Balaban J connectivity index is 3.40. The molecule has 0 aliphatic rings. The number of amides is 1. The van der Waals surface area contributed by atoms with Gasteiger partial charge in [-0.15, -0.1) is 0 Å². The molecule has 0 radical (unpaired) electrons. The molecular formula is C30H51N3O7S. The van der Waals surface area contributed by atoms with Gasteiger partial charge in [0.15, 0.2) is 0 Å². The summed E-state index contributed by atoms with van der Waals surface area (Å²) in [7, 11) is -4.27. The largest absolute Gasteiger partial charge is 0.465 e. The molecule has 3 N–H and O–H groups in total. The number of aliphatic hydroxyl groups is 1. The van der Waals surface area contributed by atoms with Gasteiger partial charge in [-0.2, -0.15) is 17.4 Å². The fourth-order valence-corrected chi connectivity index (χ4v) is 5.56. The van der Waals surface area contributed by atoms with Gasteiger partial charge in [0.25, 0.3) is 10.2 Å². The minimum Gasteiger partial charge on any atom is -0.465 e. The fourth-order valence-electron chi connectivity index (χ4n) is 4.01. The van der Waals surface area contributed by atoms with Crippen LogP contribution in [0.25, 0.3) is 0 Å². The zero-order valence-electron chi connectivity index (χ0n) is 26.4. The van der Waals surface area contributed by atoms with Crippen LogP contribution in [0.4, 0.5) is 0 Å². The molecule has 0 spiro atoms. The molecule has 1 aromatic rings. The first-order valence-corrected chi connectivity index (χ1v) is 15.6. The number of carbonyl (C=O) groups excluding carboxylic acids is 3. The number of hydrogen-bond donors (Lipinski definition) is 3. The van der Waals surface area contributed by atoms with E-state index in [-0.39, 0.29) is 37.8 Å². The summed E-state index contributed by atoms with van der Waals surface area (Å²) in [4.78, 5) is 38.4. The van der Waals surface area contributed by atoms with Crippen LogP contribution in [-0.4, -0.2) is 72.9 Å². The van der Waals surface area contributed by atoms with E-state index in [1.54, 1.807) is 34.6 Å². The van der Waals surface area contributed by atoms with E-state index < -0.39 is 50.6 Å². The first kappa shape index (κ1) is 36.7. The molecule has 0 aliphatic carbocycles. The molecule has 10 nitrogen and oxygen atoms in total. The van der Waals surface area contributed by atoms with E-state index in [1.165, 1.54) is 20.8 Å². The predicted molar refractivity (Wildman–Crippen MR) is 160 cm³/mol. The molecule has 0 fully saturated rings. The van der Waals surface area contributed by atoms with Crippen molar-refractivity contribution in [2.45, 2.75) is 99.8 Å². The van der Waals surface area contributed by atoms with Crippen molar-refractivity contribution >= 4 is 27.9 Å². The summed E-state index contributed by atoms with van der Waals surface area (Å²) in [6, 6.07) is 8.36. The Morgan fingerprint density at radius 3 is 2.05 bits per heavy atom. The summed E-state index contributed by atoms with van der Waals surface area (Å²) in [5, 5.41) is 14.4. The third kappa shape index (κ3) is 10.2. The highest BCUT2D eigenvalue weighted by atomic mass is 32.2. The number of benzene rings is 1. The Bertz CT molecular complexity index is 1130. The lowest BCUT2D eigenvalue weighted by molar-refractivity contribution is -0.149. The van der Waals surface area contributed by atoms with Crippen LogP contribution >= 0.6 is 0 Å². The van der Waals surface area contributed by atoms with Crippen LogP contribution in [0.15, 0.2) is 30.3 Å². The third-order valence-electron chi connectivity index (χ3n) is 7.95. The van der Waals surface area contributed by atoms with E-state index in [0.717, 1.165) is 9.87 Å². The summed E-state index contributed by atoms with van der Waals surface area (Å²) in [6.45, 7) is 16.4. The van der Waals surface area contributed by atoms with Crippen LogP contribution in [0.2, 0.25) is 0 Å². The van der Waals surface area contributed by atoms with Crippen molar-refractivity contribution in [1.82, 2.24) is 14.3 Å². The third-order valence-corrected chi connectivity index (χ3v) is 9.73. The lowest BCUT2D eigenvalue weighted by Crippen LogP contribution is -2.59. The molecule has 0 saturated carbocycles. The number of rotatable bonds is 17. The molecule has 0 heterocycles. The molecule has 2 atom stereocenters. The van der Waals surface area contributed by atoms with Gasteiger partial charge in [0.05, 0.1) is 24.2 Å². The summed E-state index contributed by atoms with van der Waals surface area (Å²) in [5.74, 6) is -1.15. The van der Waals surface area contributed by atoms with Crippen LogP contribution in [-0.2, 0) is 35.8 Å². The number of ketones is 1. The first-order valence-electron chi connectivity index (χ1n) is 14.2. The molecule has 1 unspecified atom stereocenters.